The summed E-state index contributed by atoms with van der Waals surface area (Å²) in [6.45, 7) is 2.34. The van der Waals surface area contributed by atoms with Crippen LogP contribution in [0.25, 0.3) is 21.9 Å². The van der Waals surface area contributed by atoms with E-state index in [1.807, 2.05) is 30.7 Å². The van der Waals surface area contributed by atoms with E-state index in [-0.39, 0.29) is 0 Å². The SMILES string of the molecule is CC(C=NCc1nc2cnc3ccc(C#N)cc3c2n1C)=CN. The summed E-state index contributed by atoms with van der Waals surface area (Å²) in [5.74, 6) is 0.831. The predicted molar refractivity (Wildman–Crippen MR) is 90.9 cm³/mol. The summed E-state index contributed by atoms with van der Waals surface area (Å²) in [6.07, 6.45) is 4.99. The number of aromatic nitrogens is 3. The summed E-state index contributed by atoms with van der Waals surface area (Å²) in [4.78, 5) is 13.4. The molecule has 0 atom stereocenters. The quantitative estimate of drug-likeness (QED) is 0.752. The van der Waals surface area contributed by atoms with Crippen LogP contribution in [0, 0.1) is 11.3 Å². The van der Waals surface area contributed by atoms with Gasteiger partial charge in [0.2, 0.25) is 0 Å². The number of aryl methyl sites for hydroxylation is 1. The number of nitrogens with zero attached hydrogens (tertiary/aromatic N) is 5. The Hall–Kier alpha value is -3.20. The van der Waals surface area contributed by atoms with Crippen LogP contribution in [0.2, 0.25) is 0 Å². The first-order valence-corrected chi connectivity index (χ1v) is 7.16. The van der Waals surface area contributed by atoms with Crippen molar-refractivity contribution < 1.29 is 0 Å². The third-order valence-electron chi connectivity index (χ3n) is 3.71. The van der Waals surface area contributed by atoms with Crippen molar-refractivity contribution in [3.05, 3.63) is 47.6 Å². The fourth-order valence-corrected chi connectivity index (χ4v) is 2.47. The maximum absolute atomic E-state index is 9.11. The Balaban J connectivity index is 2.13. The Labute approximate surface area is 133 Å². The molecule has 0 saturated heterocycles. The normalized spacial score (nSPS) is 12.3. The smallest absolute Gasteiger partial charge is 0.131 e. The molecule has 3 rings (SSSR count). The molecule has 2 aromatic heterocycles. The van der Waals surface area contributed by atoms with Crippen LogP contribution >= 0.6 is 0 Å². The molecule has 6 heteroatoms. The van der Waals surface area contributed by atoms with Gasteiger partial charge in [0.1, 0.15) is 11.3 Å². The lowest BCUT2D eigenvalue weighted by atomic mass is 10.1. The molecular formula is C17H16N6. The highest BCUT2D eigenvalue weighted by Gasteiger charge is 2.11. The van der Waals surface area contributed by atoms with E-state index < -0.39 is 0 Å². The number of aliphatic imine (C=N–C) groups is 1. The van der Waals surface area contributed by atoms with E-state index >= 15 is 0 Å². The highest BCUT2D eigenvalue weighted by Crippen LogP contribution is 2.25. The number of allylic oxidation sites excluding steroid dienone is 1. The fourth-order valence-electron chi connectivity index (χ4n) is 2.47. The first-order valence-electron chi connectivity index (χ1n) is 7.16. The number of pyridine rings is 1. The summed E-state index contributed by atoms with van der Waals surface area (Å²) in [6, 6.07) is 7.64. The minimum absolute atomic E-state index is 0.454. The van der Waals surface area contributed by atoms with E-state index in [0.29, 0.717) is 12.1 Å². The van der Waals surface area contributed by atoms with Crippen LogP contribution in [0.5, 0.6) is 0 Å². The molecule has 0 aliphatic rings. The first-order chi connectivity index (χ1) is 11.1. The number of rotatable bonds is 3. The second-order valence-corrected chi connectivity index (χ2v) is 5.30. The second kappa shape index (κ2) is 5.89. The average Bonchev–Trinajstić information content (AvgIpc) is 2.90. The van der Waals surface area contributed by atoms with Crippen molar-refractivity contribution in [3.8, 4) is 6.07 Å². The number of hydrogen-bond donors (Lipinski definition) is 1. The molecule has 2 N–H and O–H groups in total. The van der Waals surface area contributed by atoms with E-state index in [1.54, 1.807) is 18.5 Å². The van der Waals surface area contributed by atoms with Gasteiger partial charge in [-0.2, -0.15) is 5.26 Å². The van der Waals surface area contributed by atoms with Gasteiger partial charge in [-0.05, 0) is 36.9 Å². The minimum atomic E-state index is 0.454. The molecule has 0 aliphatic carbocycles. The maximum Gasteiger partial charge on any atom is 0.131 e. The van der Waals surface area contributed by atoms with Gasteiger partial charge in [-0.1, -0.05) is 0 Å². The second-order valence-electron chi connectivity index (χ2n) is 5.30. The van der Waals surface area contributed by atoms with Crippen molar-refractivity contribution in [1.82, 2.24) is 14.5 Å². The monoisotopic (exact) mass is 304 g/mol. The number of imidazole rings is 1. The van der Waals surface area contributed by atoms with E-state index in [9.17, 15) is 0 Å². The maximum atomic E-state index is 9.11. The molecule has 0 aliphatic heterocycles. The van der Waals surface area contributed by atoms with Gasteiger partial charge in [0.05, 0.1) is 35.4 Å². The molecule has 0 saturated carbocycles. The van der Waals surface area contributed by atoms with Crippen molar-refractivity contribution in [2.24, 2.45) is 17.8 Å². The summed E-state index contributed by atoms with van der Waals surface area (Å²) in [5.41, 5.74) is 9.53. The van der Waals surface area contributed by atoms with Crippen LogP contribution in [-0.2, 0) is 13.6 Å². The van der Waals surface area contributed by atoms with Gasteiger partial charge in [0.25, 0.3) is 0 Å². The standard InChI is InChI=1S/C17H16N6/c1-11(6-18)8-20-10-16-22-15-9-21-14-4-3-12(7-19)5-13(14)17(15)23(16)2/h3-6,8-9H,10,18H2,1-2H3. The number of benzene rings is 1. The largest absolute Gasteiger partial charge is 0.404 e. The third-order valence-corrected chi connectivity index (χ3v) is 3.71. The van der Waals surface area contributed by atoms with Crippen molar-refractivity contribution >= 4 is 28.2 Å². The van der Waals surface area contributed by atoms with Crippen molar-refractivity contribution in [1.29, 1.82) is 5.26 Å². The third kappa shape index (κ3) is 2.64. The molecule has 0 bridgehead atoms. The van der Waals surface area contributed by atoms with Crippen molar-refractivity contribution in [3.63, 3.8) is 0 Å². The topological polar surface area (TPSA) is 92.9 Å². The Bertz CT molecular complexity index is 988. The molecule has 23 heavy (non-hydrogen) atoms. The summed E-state index contributed by atoms with van der Waals surface area (Å²) < 4.78 is 2.00. The van der Waals surface area contributed by atoms with Gasteiger partial charge in [-0.25, -0.2) is 4.98 Å². The number of nitrogens with two attached hydrogens (primary N) is 1. The summed E-state index contributed by atoms with van der Waals surface area (Å²) >= 11 is 0. The molecule has 0 spiro atoms. The first kappa shape index (κ1) is 14.7. The Morgan fingerprint density at radius 1 is 1.43 bits per heavy atom. The van der Waals surface area contributed by atoms with Crippen LogP contribution in [0.15, 0.2) is 41.2 Å². The number of fused-ring (bicyclic) bond motifs is 3. The van der Waals surface area contributed by atoms with E-state index in [4.69, 9.17) is 11.0 Å². The summed E-state index contributed by atoms with van der Waals surface area (Å²) in [5, 5.41) is 10.0. The van der Waals surface area contributed by atoms with E-state index in [1.165, 1.54) is 6.20 Å². The van der Waals surface area contributed by atoms with Gasteiger partial charge in [0, 0.05) is 18.6 Å². The Morgan fingerprint density at radius 3 is 3.00 bits per heavy atom. The molecule has 0 radical (unpaired) electrons. The van der Waals surface area contributed by atoms with Crippen LogP contribution in [-0.4, -0.2) is 20.7 Å². The average molecular weight is 304 g/mol. The molecule has 3 aromatic rings. The van der Waals surface area contributed by atoms with E-state index in [2.05, 4.69) is 21.0 Å². The lowest BCUT2D eigenvalue weighted by molar-refractivity contribution is 0.817. The zero-order valence-electron chi connectivity index (χ0n) is 13.0. The molecule has 2 heterocycles. The molecule has 0 unspecified atom stereocenters. The lowest BCUT2D eigenvalue weighted by Gasteiger charge is -2.03. The highest BCUT2D eigenvalue weighted by atomic mass is 15.1. The Kier molecular flexibility index (Phi) is 3.77. The van der Waals surface area contributed by atoms with Crippen LogP contribution in [0.4, 0.5) is 0 Å². The zero-order chi connectivity index (χ0) is 16.4. The molecule has 0 fully saturated rings. The predicted octanol–water partition coefficient (Wildman–Crippen LogP) is 2.43. The number of hydrogen-bond acceptors (Lipinski definition) is 5. The summed E-state index contributed by atoms with van der Waals surface area (Å²) in [7, 11) is 1.95. The fraction of sp³-hybridized carbons (Fsp3) is 0.176. The zero-order valence-corrected chi connectivity index (χ0v) is 13.0. The molecule has 1 aromatic carbocycles. The van der Waals surface area contributed by atoms with E-state index in [0.717, 1.165) is 33.3 Å². The molecule has 6 nitrogen and oxygen atoms in total. The van der Waals surface area contributed by atoms with Crippen molar-refractivity contribution in [2.45, 2.75) is 13.5 Å². The molecular weight excluding hydrogens is 288 g/mol. The van der Waals surface area contributed by atoms with Crippen LogP contribution in [0.1, 0.15) is 18.3 Å². The van der Waals surface area contributed by atoms with Crippen molar-refractivity contribution in [2.75, 3.05) is 0 Å². The van der Waals surface area contributed by atoms with Gasteiger partial charge in [-0.3, -0.25) is 9.98 Å². The Morgan fingerprint density at radius 2 is 2.26 bits per heavy atom. The van der Waals surface area contributed by atoms with Gasteiger partial charge in [0.15, 0.2) is 0 Å². The van der Waals surface area contributed by atoms with Gasteiger partial charge < -0.3 is 10.3 Å². The lowest BCUT2D eigenvalue weighted by Crippen LogP contribution is -1.97. The van der Waals surface area contributed by atoms with Gasteiger partial charge in [-0.15, -0.1) is 0 Å². The number of nitriles is 1. The molecule has 0 amide bonds. The van der Waals surface area contributed by atoms with Gasteiger partial charge >= 0.3 is 0 Å². The van der Waals surface area contributed by atoms with Crippen LogP contribution < -0.4 is 5.73 Å². The van der Waals surface area contributed by atoms with Crippen LogP contribution in [0.3, 0.4) is 0 Å². The molecule has 114 valence electrons. The highest BCUT2D eigenvalue weighted by molar-refractivity contribution is 6.02. The minimum Gasteiger partial charge on any atom is -0.404 e.